The number of rotatable bonds is 15. The summed E-state index contributed by atoms with van der Waals surface area (Å²) in [6.45, 7) is 1.72. The van der Waals surface area contributed by atoms with Gasteiger partial charge in [0.1, 0.15) is 24.1 Å². The number of anilines is 1. The van der Waals surface area contributed by atoms with Crippen molar-refractivity contribution in [2.75, 3.05) is 17.4 Å². The summed E-state index contributed by atoms with van der Waals surface area (Å²) in [6, 6.07) is 36.9. The van der Waals surface area contributed by atoms with Crippen molar-refractivity contribution in [3.8, 4) is 11.5 Å². The van der Waals surface area contributed by atoms with E-state index in [9.17, 15) is 18.0 Å². The Morgan fingerprint density at radius 1 is 0.740 bits per heavy atom. The van der Waals surface area contributed by atoms with Crippen molar-refractivity contribution >= 4 is 50.7 Å². The maximum absolute atomic E-state index is 14.6. The number of hydrogen-bond donors (Lipinski definition) is 1. The zero-order valence-corrected chi connectivity index (χ0v) is 29.7. The highest BCUT2D eigenvalue weighted by Crippen LogP contribution is 2.29. The van der Waals surface area contributed by atoms with E-state index in [2.05, 4.69) is 5.32 Å². The van der Waals surface area contributed by atoms with Gasteiger partial charge in [-0.15, -0.1) is 0 Å². The summed E-state index contributed by atoms with van der Waals surface area (Å²) >= 11 is 12.6. The van der Waals surface area contributed by atoms with E-state index in [1.54, 1.807) is 60.7 Å². The summed E-state index contributed by atoms with van der Waals surface area (Å²) in [6.07, 6.45) is 0.887. The van der Waals surface area contributed by atoms with Crippen LogP contribution in [0, 0.1) is 0 Å². The van der Waals surface area contributed by atoms with Crippen molar-refractivity contribution in [2.24, 2.45) is 0 Å². The predicted molar refractivity (Wildman–Crippen MR) is 198 cm³/mol. The monoisotopic (exact) mass is 729 g/mol. The van der Waals surface area contributed by atoms with Crippen LogP contribution in [-0.4, -0.2) is 44.3 Å². The molecule has 0 heterocycles. The lowest BCUT2D eigenvalue weighted by molar-refractivity contribution is -0.140. The summed E-state index contributed by atoms with van der Waals surface area (Å²) in [5, 5.41) is 3.57. The van der Waals surface area contributed by atoms with Gasteiger partial charge in [-0.05, 0) is 78.2 Å². The molecular weight excluding hydrogens is 693 g/mol. The molecule has 258 valence electrons. The number of sulfonamides is 1. The molecule has 1 atom stereocenters. The molecule has 0 saturated heterocycles. The summed E-state index contributed by atoms with van der Waals surface area (Å²) in [4.78, 5) is 29.9. The molecule has 0 saturated carbocycles. The zero-order chi connectivity index (χ0) is 35.5. The van der Waals surface area contributed by atoms with E-state index in [4.69, 9.17) is 27.9 Å². The largest absolute Gasteiger partial charge is 0.457 e. The number of amides is 2. The van der Waals surface area contributed by atoms with Crippen LogP contribution in [0.2, 0.25) is 10.0 Å². The van der Waals surface area contributed by atoms with Gasteiger partial charge in [-0.2, -0.15) is 0 Å². The van der Waals surface area contributed by atoms with Gasteiger partial charge in [0.25, 0.3) is 10.0 Å². The maximum Gasteiger partial charge on any atom is 0.264 e. The smallest absolute Gasteiger partial charge is 0.264 e. The topological polar surface area (TPSA) is 96.0 Å². The van der Waals surface area contributed by atoms with Crippen LogP contribution in [0.5, 0.6) is 11.5 Å². The van der Waals surface area contributed by atoms with E-state index in [1.807, 2.05) is 67.6 Å². The van der Waals surface area contributed by atoms with Crippen molar-refractivity contribution in [2.45, 2.75) is 37.2 Å². The number of benzene rings is 5. The molecule has 0 aliphatic rings. The number of carbonyl (C=O) groups excluding carboxylic acids is 2. The number of halogens is 2. The second kappa shape index (κ2) is 17.2. The molecule has 2 amide bonds. The first-order valence-corrected chi connectivity index (χ1v) is 18.3. The van der Waals surface area contributed by atoms with Gasteiger partial charge in [-0.1, -0.05) is 103 Å². The Labute approximate surface area is 303 Å². The Bertz CT molecular complexity index is 1980. The van der Waals surface area contributed by atoms with Crippen molar-refractivity contribution in [1.29, 1.82) is 0 Å². The fourth-order valence-corrected chi connectivity index (χ4v) is 7.06. The molecule has 0 radical (unpaired) electrons. The molecule has 0 aliphatic heterocycles. The number of ether oxygens (including phenoxy) is 1. The van der Waals surface area contributed by atoms with Crippen LogP contribution in [0.4, 0.5) is 5.69 Å². The molecule has 0 aromatic heterocycles. The highest BCUT2D eigenvalue weighted by atomic mass is 35.5. The van der Waals surface area contributed by atoms with Crippen LogP contribution in [0.1, 0.15) is 24.5 Å². The number of hydrogen-bond acceptors (Lipinski definition) is 5. The molecule has 0 spiro atoms. The first-order chi connectivity index (χ1) is 24.2. The van der Waals surface area contributed by atoms with Gasteiger partial charge in [0, 0.05) is 19.5 Å². The molecule has 1 N–H and O–H groups in total. The SMILES string of the molecule is CCCNC(=O)[C@@H](Cc1ccccc1)N(Cc1ccc(Cl)c(Cl)c1)C(=O)CN(c1ccc(Oc2ccccc2)cc1)S(=O)(=O)c1ccccc1. The zero-order valence-electron chi connectivity index (χ0n) is 27.4. The van der Waals surface area contributed by atoms with Crippen molar-refractivity contribution < 1.29 is 22.7 Å². The first kappa shape index (κ1) is 36.5. The third-order valence-electron chi connectivity index (χ3n) is 7.87. The lowest BCUT2D eigenvalue weighted by Gasteiger charge is -2.34. The van der Waals surface area contributed by atoms with Crippen molar-refractivity contribution in [3.05, 3.63) is 155 Å². The van der Waals surface area contributed by atoms with E-state index in [0.717, 1.165) is 9.87 Å². The average Bonchev–Trinajstić information content (AvgIpc) is 3.14. The average molecular weight is 731 g/mol. The molecular formula is C39H37Cl2N3O5S. The van der Waals surface area contributed by atoms with Gasteiger partial charge in [0.2, 0.25) is 11.8 Å². The van der Waals surface area contributed by atoms with E-state index < -0.39 is 28.5 Å². The molecule has 11 heteroatoms. The fourth-order valence-electron chi connectivity index (χ4n) is 5.31. The Balaban J connectivity index is 1.55. The van der Waals surface area contributed by atoms with E-state index >= 15 is 0 Å². The molecule has 0 unspecified atom stereocenters. The summed E-state index contributed by atoms with van der Waals surface area (Å²) < 4.78 is 35.5. The minimum absolute atomic E-state index is 0.00923. The van der Waals surface area contributed by atoms with Gasteiger partial charge in [-0.3, -0.25) is 13.9 Å². The quantitative estimate of drug-likeness (QED) is 0.117. The Hall–Kier alpha value is -4.83. The molecule has 5 aromatic carbocycles. The number of para-hydroxylation sites is 1. The van der Waals surface area contributed by atoms with Crippen molar-refractivity contribution in [3.63, 3.8) is 0 Å². The summed E-state index contributed by atoms with van der Waals surface area (Å²) in [5.74, 6) is 0.157. The molecule has 8 nitrogen and oxygen atoms in total. The van der Waals surface area contributed by atoms with E-state index in [-0.39, 0.29) is 34.5 Å². The van der Waals surface area contributed by atoms with Gasteiger partial charge in [-0.25, -0.2) is 8.42 Å². The molecule has 5 rings (SSSR count). The Kier molecular flexibility index (Phi) is 12.5. The minimum atomic E-state index is -4.25. The molecule has 50 heavy (non-hydrogen) atoms. The third-order valence-corrected chi connectivity index (χ3v) is 10.4. The van der Waals surface area contributed by atoms with Crippen LogP contribution in [0.25, 0.3) is 0 Å². The first-order valence-electron chi connectivity index (χ1n) is 16.1. The number of nitrogens with zero attached hydrogens (tertiary/aromatic N) is 2. The standard InChI is InChI=1S/C39H37Cl2N3O5S/c1-2-24-42-39(46)37(26-29-12-6-3-7-13-29)43(27-30-18-23-35(40)36(41)25-30)38(45)28-44(50(47,48)34-16-10-5-11-17-34)31-19-21-33(22-20-31)49-32-14-8-4-9-15-32/h3-23,25,37H,2,24,26-28H2,1H3,(H,42,46)/t37-/m1/s1. The minimum Gasteiger partial charge on any atom is -0.457 e. The maximum atomic E-state index is 14.6. The predicted octanol–water partition coefficient (Wildman–Crippen LogP) is 8.15. The second-order valence-corrected chi connectivity index (χ2v) is 14.2. The molecule has 0 bridgehead atoms. The van der Waals surface area contributed by atoms with Crippen LogP contribution < -0.4 is 14.4 Å². The summed E-state index contributed by atoms with van der Waals surface area (Å²) in [5.41, 5.74) is 1.69. The van der Waals surface area contributed by atoms with Gasteiger partial charge in [0.05, 0.1) is 20.6 Å². The van der Waals surface area contributed by atoms with Crippen LogP contribution >= 0.6 is 23.2 Å². The lowest BCUT2D eigenvalue weighted by Crippen LogP contribution is -2.53. The van der Waals surface area contributed by atoms with Crippen LogP contribution in [0.15, 0.2) is 138 Å². The van der Waals surface area contributed by atoms with Crippen LogP contribution in [0.3, 0.4) is 0 Å². The van der Waals surface area contributed by atoms with Gasteiger partial charge < -0.3 is 15.0 Å². The third kappa shape index (κ3) is 9.44. The van der Waals surface area contributed by atoms with Gasteiger partial charge >= 0.3 is 0 Å². The molecule has 0 aliphatic carbocycles. The Morgan fingerprint density at radius 3 is 1.96 bits per heavy atom. The normalized spacial score (nSPS) is 11.7. The van der Waals surface area contributed by atoms with E-state index in [1.165, 1.54) is 17.0 Å². The molecule has 0 fully saturated rings. The van der Waals surface area contributed by atoms with E-state index in [0.29, 0.717) is 35.1 Å². The van der Waals surface area contributed by atoms with Gasteiger partial charge in [0.15, 0.2) is 0 Å². The molecule has 5 aromatic rings. The highest BCUT2D eigenvalue weighted by Gasteiger charge is 2.34. The number of nitrogens with one attached hydrogen (secondary N) is 1. The number of carbonyl (C=O) groups is 2. The Morgan fingerprint density at radius 2 is 1.34 bits per heavy atom. The van der Waals surface area contributed by atoms with Crippen LogP contribution in [-0.2, 0) is 32.6 Å². The van der Waals surface area contributed by atoms with Crippen molar-refractivity contribution in [1.82, 2.24) is 10.2 Å². The summed E-state index contributed by atoms with van der Waals surface area (Å²) in [7, 11) is -4.25. The highest BCUT2D eigenvalue weighted by molar-refractivity contribution is 7.92. The fraction of sp³-hybridized carbons (Fsp3) is 0.179. The second-order valence-electron chi connectivity index (χ2n) is 11.5. The lowest BCUT2D eigenvalue weighted by atomic mass is 10.0.